The third-order valence-electron chi connectivity index (χ3n) is 0.865. The fraction of sp³-hybridized carbons (Fsp3) is 0.400. The van der Waals surface area contributed by atoms with Crippen LogP contribution < -0.4 is 5.73 Å². The maximum atomic E-state index is 12.2. The molecule has 0 saturated heterocycles. The van der Waals surface area contributed by atoms with Crippen molar-refractivity contribution in [2.75, 3.05) is 7.05 Å². The zero-order chi connectivity index (χ0) is 9.07. The van der Waals surface area contributed by atoms with Crippen LogP contribution in [0.3, 0.4) is 0 Å². The smallest absolute Gasteiger partial charge is 0.402 e. The van der Waals surface area contributed by atoms with E-state index >= 15 is 0 Å². The van der Waals surface area contributed by atoms with Crippen LogP contribution in [-0.4, -0.2) is 18.9 Å². The molecule has 2 nitrogen and oxygen atoms in total. The lowest BCUT2D eigenvalue weighted by Crippen LogP contribution is -2.23. The minimum atomic E-state index is -4.78. The molecule has 0 aliphatic heterocycles. The molecule has 0 radical (unpaired) electrons. The van der Waals surface area contributed by atoms with E-state index in [1.807, 2.05) is 0 Å². The summed E-state index contributed by atoms with van der Waals surface area (Å²) in [6, 6.07) is 0. The highest BCUT2D eigenvalue weighted by Crippen LogP contribution is 2.22. The summed E-state index contributed by atoms with van der Waals surface area (Å²) in [5.74, 6) is -1.57. The Hall–Kier alpha value is -1.07. The molecule has 0 atom stereocenters. The van der Waals surface area contributed by atoms with E-state index in [9.17, 15) is 17.6 Å². The van der Waals surface area contributed by atoms with E-state index in [4.69, 9.17) is 0 Å². The van der Waals surface area contributed by atoms with E-state index in [0.29, 0.717) is 0 Å². The molecule has 0 heterocycles. The van der Waals surface area contributed by atoms with Gasteiger partial charge in [-0.3, -0.25) is 4.99 Å². The van der Waals surface area contributed by atoms with E-state index in [-0.39, 0.29) is 6.20 Å². The SMILES string of the molecule is CN=C(C(F)=CN)C(F)(F)F. The van der Waals surface area contributed by atoms with E-state index in [1.54, 1.807) is 0 Å². The predicted octanol–water partition coefficient (Wildman–Crippen LogP) is 1.39. The zero-order valence-electron chi connectivity index (χ0n) is 5.61. The Bertz CT molecular complexity index is 191. The first kappa shape index (κ1) is 9.93. The third-order valence-corrected chi connectivity index (χ3v) is 0.865. The van der Waals surface area contributed by atoms with E-state index in [0.717, 1.165) is 7.05 Å². The van der Waals surface area contributed by atoms with Gasteiger partial charge in [-0.2, -0.15) is 13.2 Å². The quantitative estimate of drug-likeness (QED) is 0.468. The number of hydrogen-bond acceptors (Lipinski definition) is 2. The van der Waals surface area contributed by atoms with Crippen molar-refractivity contribution in [1.82, 2.24) is 0 Å². The van der Waals surface area contributed by atoms with Crippen LogP contribution in [0.15, 0.2) is 17.0 Å². The van der Waals surface area contributed by atoms with Gasteiger partial charge in [0, 0.05) is 13.2 Å². The molecule has 2 N–H and O–H groups in total. The fourth-order valence-corrected chi connectivity index (χ4v) is 0.448. The normalized spacial score (nSPS) is 15.4. The Morgan fingerprint density at radius 3 is 2.00 bits per heavy atom. The van der Waals surface area contributed by atoms with Gasteiger partial charge in [-0.05, 0) is 0 Å². The van der Waals surface area contributed by atoms with Gasteiger partial charge < -0.3 is 5.73 Å². The summed E-state index contributed by atoms with van der Waals surface area (Å²) in [7, 11) is 0.839. The Labute approximate surface area is 60.4 Å². The second kappa shape index (κ2) is 3.36. The van der Waals surface area contributed by atoms with Crippen LogP contribution in [0.5, 0.6) is 0 Å². The van der Waals surface area contributed by atoms with Crippen molar-refractivity contribution < 1.29 is 17.6 Å². The minimum absolute atomic E-state index is 0.218. The maximum absolute atomic E-state index is 12.2. The Kier molecular flexibility index (Phi) is 3.03. The van der Waals surface area contributed by atoms with Gasteiger partial charge in [0.25, 0.3) is 0 Å². The van der Waals surface area contributed by atoms with Gasteiger partial charge in [0.1, 0.15) is 0 Å². The summed E-state index contributed by atoms with van der Waals surface area (Å²) in [6.45, 7) is 0. The number of nitrogens with two attached hydrogens (primary N) is 1. The van der Waals surface area contributed by atoms with Crippen molar-refractivity contribution in [2.24, 2.45) is 10.7 Å². The molecule has 0 aromatic carbocycles. The van der Waals surface area contributed by atoms with Crippen LogP contribution in [-0.2, 0) is 0 Å². The summed E-state index contributed by atoms with van der Waals surface area (Å²) >= 11 is 0. The first-order chi connectivity index (χ1) is 4.93. The van der Waals surface area contributed by atoms with Crippen molar-refractivity contribution in [1.29, 1.82) is 0 Å². The molecule has 0 fully saturated rings. The average molecular weight is 170 g/mol. The van der Waals surface area contributed by atoms with Crippen LogP contribution in [0.1, 0.15) is 0 Å². The second-order valence-corrected chi connectivity index (χ2v) is 1.58. The summed E-state index contributed by atoms with van der Waals surface area (Å²) in [5.41, 5.74) is 2.93. The predicted molar refractivity (Wildman–Crippen MR) is 32.8 cm³/mol. The standard InChI is InChI=1S/C5H6F4N2/c1-11-4(3(6)2-10)5(7,8)9/h2H,10H2,1H3. The number of rotatable bonds is 1. The Morgan fingerprint density at radius 1 is 1.45 bits per heavy atom. The maximum Gasteiger partial charge on any atom is 0.435 e. The number of allylic oxidation sites excluding steroid dienone is 1. The number of nitrogens with zero attached hydrogens (tertiary/aromatic N) is 1. The average Bonchev–Trinajstić information content (AvgIpc) is 1.86. The first-order valence-electron chi connectivity index (χ1n) is 2.55. The van der Waals surface area contributed by atoms with E-state index < -0.39 is 17.7 Å². The molecule has 0 bridgehead atoms. The summed E-state index contributed by atoms with van der Waals surface area (Å²) in [5, 5.41) is 0. The van der Waals surface area contributed by atoms with Crippen molar-refractivity contribution in [3.63, 3.8) is 0 Å². The lowest BCUT2D eigenvalue weighted by atomic mass is 10.3. The van der Waals surface area contributed by atoms with Crippen molar-refractivity contribution in [3.05, 3.63) is 12.0 Å². The lowest BCUT2D eigenvalue weighted by molar-refractivity contribution is -0.0591. The van der Waals surface area contributed by atoms with Crippen LogP contribution >= 0.6 is 0 Å². The van der Waals surface area contributed by atoms with Crippen LogP contribution in [0.2, 0.25) is 0 Å². The molecule has 11 heavy (non-hydrogen) atoms. The molecule has 0 aromatic rings. The van der Waals surface area contributed by atoms with E-state index in [2.05, 4.69) is 10.7 Å². The minimum Gasteiger partial charge on any atom is -0.402 e. The Balaban J connectivity index is 4.73. The topological polar surface area (TPSA) is 38.4 Å². The molecular formula is C5H6F4N2. The van der Waals surface area contributed by atoms with Crippen molar-refractivity contribution in [3.8, 4) is 0 Å². The van der Waals surface area contributed by atoms with Gasteiger partial charge in [-0.25, -0.2) is 4.39 Å². The zero-order valence-corrected chi connectivity index (χ0v) is 5.61. The highest BCUT2D eigenvalue weighted by atomic mass is 19.4. The lowest BCUT2D eigenvalue weighted by Gasteiger charge is -2.05. The van der Waals surface area contributed by atoms with Crippen molar-refractivity contribution in [2.45, 2.75) is 6.18 Å². The molecule has 0 unspecified atom stereocenters. The first-order valence-corrected chi connectivity index (χ1v) is 2.55. The fourth-order valence-electron chi connectivity index (χ4n) is 0.448. The van der Waals surface area contributed by atoms with Gasteiger partial charge >= 0.3 is 6.18 Å². The summed E-state index contributed by atoms with van der Waals surface area (Å²) < 4.78 is 47.3. The molecule has 0 aliphatic rings. The second-order valence-electron chi connectivity index (χ2n) is 1.58. The highest BCUT2D eigenvalue weighted by molar-refractivity contribution is 6.02. The molecular weight excluding hydrogens is 164 g/mol. The Morgan fingerprint density at radius 2 is 1.91 bits per heavy atom. The number of alkyl halides is 3. The molecule has 0 aromatic heterocycles. The van der Waals surface area contributed by atoms with Crippen LogP contribution in [0.25, 0.3) is 0 Å². The molecule has 6 heteroatoms. The van der Waals surface area contributed by atoms with Gasteiger partial charge in [-0.15, -0.1) is 0 Å². The number of aliphatic imine (C=N–C) groups is 1. The van der Waals surface area contributed by atoms with Gasteiger partial charge in [0.2, 0.25) is 0 Å². The van der Waals surface area contributed by atoms with Gasteiger partial charge in [-0.1, -0.05) is 0 Å². The molecule has 64 valence electrons. The highest BCUT2D eigenvalue weighted by Gasteiger charge is 2.37. The number of halogens is 4. The van der Waals surface area contributed by atoms with Crippen LogP contribution in [0, 0.1) is 0 Å². The summed E-state index contributed by atoms with van der Waals surface area (Å²) in [4.78, 5) is 2.70. The summed E-state index contributed by atoms with van der Waals surface area (Å²) in [6.07, 6.45) is -4.56. The number of hydrogen-bond donors (Lipinski definition) is 1. The van der Waals surface area contributed by atoms with Crippen LogP contribution in [0.4, 0.5) is 17.6 Å². The van der Waals surface area contributed by atoms with E-state index in [1.165, 1.54) is 0 Å². The molecule has 0 rings (SSSR count). The molecule has 0 aliphatic carbocycles. The molecule has 0 amide bonds. The largest absolute Gasteiger partial charge is 0.435 e. The van der Waals surface area contributed by atoms with Crippen molar-refractivity contribution >= 4 is 5.71 Å². The van der Waals surface area contributed by atoms with Gasteiger partial charge in [0.15, 0.2) is 11.5 Å². The van der Waals surface area contributed by atoms with Gasteiger partial charge in [0.05, 0.1) is 0 Å². The molecule has 0 spiro atoms. The third kappa shape index (κ3) is 2.57. The monoisotopic (exact) mass is 170 g/mol. The molecule has 0 saturated carbocycles.